The highest BCUT2D eigenvalue weighted by Crippen LogP contribution is 2.31. The molecule has 0 aliphatic rings. The molecule has 0 aliphatic carbocycles. The van der Waals surface area contributed by atoms with Crippen LogP contribution >= 0.6 is 15.9 Å². The highest BCUT2D eigenvalue weighted by molar-refractivity contribution is 9.10. The second kappa shape index (κ2) is 9.08. The van der Waals surface area contributed by atoms with E-state index in [0.717, 1.165) is 4.47 Å². The number of benzene rings is 2. The first-order chi connectivity index (χ1) is 12.1. The fourth-order valence-corrected chi connectivity index (χ4v) is 2.66. The summed E-state index contributed by atoms with van der Waals surface area (Å²) in [7, 11) is 3.13. The van der Waals surface area contributed by atoms with E-state index in [0.29, 0.717) is 35.0 Å². The highest BCUT2D eigenvalue weighted by atomic mass is 79.9. The molecule has 2 aromatic rings. The summed E-state index contributed by atoms with van der Waals surface area (Å²) in [6, 6.07) is 10.5. The van der Waals surface area contributed by atoms with Crippen molar-refractivity contribution in [2.75, 3.05) is 20.8 Å². The zero-order valence-corrected chi connectivity index (χ0v) is 15.8. The van der Waals surface area contributed by atoms with Crippen LogP contribution in [0.2, 0.25) is 0 Å². The Labute approximate surface area is 154 Å². The van der Waals surface area contributed by atoms with Crippen LogP contribution in [0.1, 0.15) is 22.8 Å². The fourth-order valence-electron chi connectivity index (χ4n) is 2.14. The third kappa shape index (κ3) is 4.73. The number of amides is 1. The Morgan fingerprint density at radius 3 is 2.56 bits per heavy atom. The third-order valence-corrected chi connectivity index (χ3v) is 3.93. The lowest BCUT2D eigenvalue weighted by Crippen LogP contribution is -2.18. The molecule has 0 radical (unpaired) electrons. The van der Waals surface area contributed by atoms with Crippen molar-refractivity contribution in [1.82, 2.24) is 5.43 Å². The molecule has 7 heteroatoms. The van der Waals surface area contributed by atoms with Gasteiger partial charge in [0.1, 0.15) is 17.2 Å². The first kappa shape index (κ1) is 18.8. The van der Waals surface area contributed by atoms with Gasteiger partial charge in [-0.15, -0.1) is 0 Å². The van der Waals surface area contributed by atoms with Crippen LogP contribution < -0.4 is 19.6 Å². The number of nitrogens with one attached hydrogen (secondary N) is 1. The number of rotatable bonds is 7. The van der Waals surface area contributed by atoms with Crippen LogP contribution in [0, 0.1) is 0 Å². The largest absolute Gasteiger partial charge is 0.496 e. The summed E-state index contributed by atoms with van der Waals surface area (Å²) in [5.41, 5.74) is 3.60. The predicted molar refractivity (Wildman–Crippen MR) is 99.9 cm³/mol. The maximum atomic E-state index is 12.3. The molecule has 25 heavy (non-hydrogen) atoms. The molecule has 2 rings (SSSR count). The van der Waals surface area contributed by atoms with Gasteiger partial charge in [-0.2, -0.15) is 5.10 Å². The normalized spacial score (nSPS) is 10.6. The highest BCUT2D eigenvalue weighted by Gasteiger charge is 2.11. The number of carbonyl (C=O) groups is 1. The molecule has 0 fully saturated rings. The summed E-state index contributed by atoms with van der Waals surface area (Å²) in [4.78, 5) is 12.3. The van der Waals surface area contributed by atoms with E-state index in [1.807, 2.05) is 13.0 Å². The number of methoxy groups -OCH3 is 2. The maximum absolute atomic E-state index is 12.3. The number of para-hydroxylation sites is 1. The summed E-state index contributed by atoms with van der Waals surface area (Å²) in [6.45, 7) is 2.34. The molecule has 0 spiro atoms. The van der Waals surface area contributed by atoms with Crippen molar-refractivity contribution < 1.29 is 19.0 Å². The lowest BCUT2D eigenvalue weighted by atomic mass is 10.2. The molecular formula is C18H19BrN2O4. The van der Waals surface area contributed by atoms with Gasteiger partial charge in [0, 0.05) is 11.6 Å². The van der Waals surface area contributed by atoms with E-state index in [1.54, 1.807) is 44.6 Å². The molecule has 0 aliphatic heterocycles. The SMILES string of the molecule is CCOc1ccccc1C(=O)N/N=C\c1cc(Br)c(OC)cc1OC. The van der Waals surface area contributed by atoms with Crippen LogP contribution in [-0.2, 0) is 0 Å². The topological polar surface area (TPSA) is 69.2 Å². The minimum Gasteiger partial charge on any atom is -0.496 e. The number of hydrazone groups is 1. The van der Waals surface area contributed by atoms with Crippen molar-refractivity contribution in [3.05, 3.63) is 52.0 Å². The van der Waals surface area contributed by atoms with E-state index in [9.17, 15) is 4.79 Å². The second-order valence-electron chi connectivity index (χ2n) is 4.86. The molecule has 0 bridgehead atoms. The number of carbonyl (C=O) groups excluding carboxylic acids is 1. The van der Waals surface area contributed by atoms with Gasteiger partial charge in [0.05, 0.1) is 37.1 Å². The predicted octanol–water partition coefficient (Wildman–Crippen LogP) is 3.63. The Bertz CT molecular complexity index is 778. The molecule has 0 saturated carbocycles. The smallest absolute Gasteiger partial charge is 0.275 e. The van der Waals surface area contributed by atoms with Crippen molar-refractivity contribution in [3.8, 4) is 17.2 Å². The molecule has 0 unspecified atom stereocenters. The number of nitrogens with zero attached hydrogens (tertiary/aromatic N) is 1. The van der Waals surface area contributed by atoms with E-state index in [2.05, 4.69) is 26.5 Å². The van der Waals surface area contributed by atoms with Crippen molar-refractivity contribution >= 4 is 28.1 Å². The molecule has 0 atom stereocenters. The standard InChI is InChI=1S/C18H19BrN2O4/c1-4-25-15-8-6-5-7-13(15)18(22)21-20-11-12-9-14(19)17(24-3)10-16(12)23-2/h5-11H,4H2,1-3H3,(H,21,22)/b20-11-. The van der Waals surface area contributed by atoms with Crippen molar-refractivity contribution in [3.63, 3.8) is 0 Å². The molecule has 1 amide bonds. The summed E-state index contributed by atoms with van der Waals surface area (Å²) >= 11 is 3.41. The molecule has 6 nitrogen and oxygen atoms in total. The van der Waals surface area contributed by atoms with Gasteiger partial charge in [0.25, 0.3) is 5.91 Å². The second-order valence-corrected chi connectivity index (χ2v) is 5.71. The van der Waals surface area contributed by atoms with Gasteiger partial charge in [0.2, 0.25) is 0 Å². The number of ether oxygens (including phenoxy) is 3. The van der Waals surface area contributed by atoms with E-state index >= 15 is 0 Å². The van der Waals surface area contributed by atoms with Gasteiger partial charge in [-0.25, -0.2) is 5.43 Å². The van der Waals surface area contributed by atoms with Gasteiger partial charge < -0.3 is 14.2 Å². The first-order valence-electron chi connectivity index (χ1n) is 7.57. The van der Waals surface area contributed by atoms with Crippen molar-refractivity contribution in [1.29, 1.82) is 0 Å². The van der Waals surface area contributed by atoms with Crippen LogP contribution in [0.5, 0.6) is 17.2 Å². The summed E-state index contributed by atoms with van der Waals surface area (Å²) < 4.78 is 16.7. The van der Waals surface area contributed by atoms with Gasteiger partial charge in [-0.3, -0.25) is 4.79 Å². The minimum atomic E-state index is -0.355. The van der Waals surface area contributed by atoms with Crippen LogP contribution in [0.15, 0.2) is 46.0 Å². The van der Waals surface area contributed by atoms with Crippen molar-refractivity contribution in [2.24, 2.45) is 5.10 Å². The number of hydrogen-bond donors (Lipinski definition) is 1. The Morgan fingerprint density at radius 2 is 1.88 bits per heavy atom. The van der Waals surface area contributed by atoms with E-state index in [-0.39, 0.29) is 5.91 Å². The van der Waals surface area contributed by atoms with Gasteiger partial charge >= 0.3 is 0 Å². The third-order valence-electron chi connectivity index (χ3n) is 3.31. The zero-order chi connectivity index (χ0) is 18.2. The molecule has 0 heterocycles. The van der Waals surface area contributed by atoms with E-state index in [4.69, 9.17) is 14.2 Å². The van der Waals surface area contributed by atoms with E-state index < -0.39 is 0 Å². The minimum absolute atomic E-state index is 0.355. The monoisotopic (exact) mass is 406 g/mol. The van der Waals surface area contributed by atoms with Crippen molar-refractivity contribution in [2.45, 2.75) is 6.92 Å². The summed E-state index contributed by atoms with van der Waals surface area (Å²) in [5.74, 6) is 1.38. The molecule has 1 N–H and O–H groups in total. The van der Waals surface area contributed by atoms with Crippen LogP contribution in [0.3, 0.4) is 0 Å². The van der Waals surface area contributed by atoms with Crippen LogP contribution in [0.25, 0.3) is 0 Å². The Kier molecular flexibility index (Phi) is 6.82. The zero-order valence-electron chi connectivity index (χ0n) is 14.2. The fraction of sp³-hybridized carbons (Fsp3) is 0.222. The van der Waals surface area contributed by atoms with Crippen LogP contribution in [0.4, 0.5) is 0 Å². The molecule has 2 aromatic carbocycles. The number of halogens is 1. The summed E-state index contributed by atoms with van der Waals surface area (Å²) in [5, 5.41) is 4.00. The van der Waals surface area contributed by atoms with Gasteiger partial charge in [-0.1, -0.05) is 12.1 Å². The van der Waals surface area contributed by atoms with Gasteiger partial charge in [0.15, 0.2) is 0 Å². The molecule has 0 aromatic heterocycles. The quantitative estimate of drug-likeness (QED) is 0.562. The molecule has 0 saturated heterocycles. The lowest BCUT2D eigenvalue weighted by Gasteiger charge is -2.10. The Morgan fingerprint density at radius 1 is 1.16 bits per heavy atom. The molecular weight excluding hydrogens is 388 g/mol. The average Bonchev–Trinajstić information content (AvgIpc) is 2.62. The molecule has 132 valence electrons. The first-order valence-corrected chi connectivity index (χ1v) is 8.36. The Hall–Kier alpha value is -2.54. The number of hydrogen-bond acceptors (Lipinski definition) is 5. The lowest BCUT2D eigenvalue weighted by molar-refractivity contribution is 0.0951. The van der Waals surface area contributed by atoms with Crippen LogP contribution in [-0.4, -0.2) is 32.9 Å². The summed E-state index contributed by atoms with van der Waals surface area (Å²) in [6.07, 6.45) is 1.50. The Balaban J connectivity index is 2.16. The maximum Gasteiger partial charge on any atom is 0.275 e. The average molecular weight is 407 g/mol. The van der Waals surface area contributed by atoms with Gasteiger partial charge in [-0.05, 0) is 41.1 Å². The van der Waals surface area contributed by atoms with E-state index in [1.165, 1.54) is 6.21 Å².